The maximum absolute atomic E-state index is 12.2. The number of benzene rings is 1. The van der Waals surface area contributed by atoms with E-state index in [0.29, 0.717) is 23.8 Å². The maximum atomic E-state index is 12.2. The first-order valence-electron chi connectivity index (χ1n) is 8.31. The van der Waals surface area contributed by atoms with Crippen molar-refractivity contribution in [3.05, 3.63) is 46.5 Å². The van der Waals surface area contributed by atoms with Gasteiger partial charge in [0, 0.05) is 23.8 Å². The van der Waals surface area contributed by atoms with Gasteiger partial charge in [-0.2, -0.15) is 16.3 Å². The normalized spacial score (nSPS) is 11.5. The predicted octanol–water partition coefficient (Wildman–Crippen LogP) is 4.37. The van der Waals surface area contributed by atoms with Crippen molar-refractivity contribution in [2.75, 3.05) is 5.32 Å². The number of hydrogen-bond donors (Lipinski definition) is 2. The molecule has 0 bridgehead atoms. The van der Waals surface area contributed by atoms with Crippen LogP contribution in [0.2, 0.25) is 0 Å². The molecule has 0 saturated carbocycles. The van der Waals surface area contributed by atoms with Gasteiger partial charge in [-0.05, 0) is 34.6 Å². The summed E-state index contributed by atoms with van der Waals surface area (Å²) in [6.45, 7) is 6.23. The molecular formula is C19H21N3O3S. The highest BCUT2D eigenvalue weighted by atomic mass is 32.1. The molecule has 0 aliphatic heterocycles. The van der Waals surface area contributed by atoms with Crippen LogP contribution in [-0.2, 0) is 16.6 Å². The van der Waals surface area contributed by atoms with Crippen LogP contribution < -0.4 is 5.32 Å². The number of anilines is 1. The van der Waals surface area contributed by atoms with E-state index in [4.69, 9.17) is 4.52 Å². The van der Waals surface area contributed by atoms with E-state index >= 15 is 0 Å². The first-order valence-corrected chi connectivity index (χ1v) is 9.26. The van der Waals surface area contributed by atoms with E-state index in [9.17, 15) is 9.90 Å². The fraction of sp³-hybridized carbons (Fsp3) is 0.316. The molecule has 0 aliphatic carbocycles. The van der Waals surface area contributed by atoms with Gasteiger partial charge in [-0.25, -0.2) is 0 Å². The van der Waals surface area contributed by atoms with Crippen LogP contribution in [0.4, 0.5) is 5.69 Å². The highest BCUT2D eigenvalue weighted by Crippen LogP contribution is 2.30. The van der Waals surface area contributed by atoms with Crippen molar-refractivity contribution in [1.29, 1.82) is 0 Å². The minimum Gasteiger partial charge on any atom is -0.506 e. The van der Waals surface area contributed by atoms with Gasteiger partial charge in [0.05, 0.1) is 5.69 Å². The van der Waals surface area contributed by atoms with E-state index in [0.717, 1.165) is 11.1 Å². The third-order valence-electron chi connectivity index (χ3n) is 3.95. The Balaban J connectivity index is 1.61. The topological polar surface area (TPSA) is 88.2 Å². The van der Waals surface area contributed by atoms with Gasteiger partial charge >= 0.3 is 0 Å². The van der Waals surface area contributed by atoms with Gasteiger partial charge in [0.25, 0.3) is 0 Å². The number of nitrogens with one attached hydrogen (secondary N) is 1. The van der Waals surface area contributed by atoms with Crippen molar-refractivity contribution in [3.8, 4) is 17.1 Å². The number of aryl methyl sites for hydroxylation is 1. The van der Waals surface area contributed by atoms with E-state index in [1.165, 1.54) is 0 Å². The van der Waals surface area contributed by atoms with Gasteiger partial charge in [0.1, 0.15) is 5.75 Å². The Hall–Kier alpha value is -2.67. The number of carbonyl (C=O) groups is 1. The Morgan fingerprint density at radius 2 is 2.12 bits per heavy atom. The smallest absolute Gasteiger partial charge is 0.227 e. The number of amides is 1. The summed E-state index contributed by atoms with van der Waals surface area (Å²) in [5.74, 6) is 0.761. The molecule has 26 heavy (non-hydrogen) atoms. The molecule has 3 aromatic rings. The molecule has 6 nitrogen and oxygen atoms in total. The molecule has 136 valence electrons. The lowest BCUT2D eigenvalue weighted by molar-refractivity contribution is -0.116. The number of rotatable bonds is 5. The lowest BCUT2D eigenvalue weighted by Gasteiger charge is -2.20. The average Bonchev–Trinajstić information content (AvgIpc) is 3.25. The van der Waals surface area contributed by atoms with Crippen molar-refractivity contribution in [2.45, 2.75) is 39.0 Å². The van der Waals surface area contributed by atoms with Crippen LogP contribution in [0.1, 0.15) is 38.6 Å². The Morgan fingerprint density at radius 3 is 2.81 bits per heavy atom. The average molecular weight is 371 g/mol. The van der Waals surface area contributed by atoms with Crippen LogP contribution in [0.25, 0.3) is 11.4 Å². The van der Waals surface area contributed by atoms with Gasteiger partial charge in [-0.3, -0.25) is 4.79 Å². The maximum Gasteiger partial charge on any atom is 0.227 e. The lowest BCUT2D eigenvalue weighted by atomic mass is 9.87. The molecule has 2 N–H and O–H groups in total. The summed E-state index contributed by atoms with van der Waals surface area (Å²) in [6, 6.07) is 7.17. The summed E-state index contributed by atoms with van der Waals surface area (Å²) in [6.07, 6.45) is 0.521. The van der Waals surface area contributed by atoms with Crippen LogP contribution >= 0.6 is 11.3 Å². The molecule has 0 saturated heterocycles. The first kappa shape index (κ1) is 18.1. The standard InChI is InChI=1S/C19H21N3O3S/c1-19(2,3)13-4-5-15(23)14(10-13)20-16(24)6-7-17-21-18(22-25-17)12-8-9-26-11-12/h4-5,8-11,23H,6-7H2,1-3H3,(H,20,24). The minimum absolute atomic E-state index is 0.0453. The van der Waals surface area contributed by atoms with Crippen LogP contribution in [0.3, 0.4) is 0 Å². The zero-order valence-electron chi connectivity index (χ0n) is 14.9. The fourth-order valence-corrected chi connectivity index (χ4v) is 3.04. The summed E-state index contributed by atoms with van der Waals surface area (Å²) in [4.78, 5) is 16.5. The van der Waals surface area contributed by atoms with Gasteiger partial charge < -0.3 is 14.9 Å². The van der Waals surface area contributed by atoms with Crippen molar-refractivity contribution >= 4 is 22.9 Å². The minimum atomic E-state index is -0.221. The summed E-state index contributed by atoms with van der Waals surface area (Å²) >= 11 is 1.56. The van der Waals surface area contributed by atoms with Crippen LogP contribution in [0, 0.1) is 0 Å². The van der Waals surface area contributed by atoms with Gasteiger partial charge in [-0.1, -0.05) is 32.0 Å². The molecular weight excluding hydrogens is 350 g/mol. The lowest BCUT2D eigenvalue weighted by Crippen LogP contribution is -2.15. The number of hydrogen-bond acceptors (Lipinski definition) is 6. The Bertz CT molecular complexity index is 895. The van der Waals surface area contributed by atoms with E-state index in [2.05, 4.69) is 36.2 Å². The molecule has 2 heterocycles. The van der Waals surface area contributed by atoms with Crippen LogP contribution in [0.15, 0.2) is 39.5 Å². The van der Waals surface area contributed by atoms with Crippen molar-refractivity contribution in [3.63, 3.8) is 0 Å². The molecule has 3 rings (SSSR count). The number of carbonyl (C=O) groups excluding carboxylic acids is 1. The molecule has 0 fully saturated rings. The fourth-order valence-electron chi connectivity index (χ4n) is 2.40. The third kappa shape index (κ3) is 4.29. The molecule has 0 aliphatic rings. The summed E-state index contributed by atoms with van der Waals surface area (Å²) in [7, 11) is 0. The molecule has 0 atom stereocenters. The van der Waals surface area contributed by atoms with Crippen molar-refractivity contribution in [2.24, 2.45) is 0 Å². The number of thiophene rings is 1. The Labute approximate surface area is 155 Å². The second-order valence-electron chi connectivity index (χ2n) is 7.05. The number of aromatic nitrogens is 2. The molecule has 1 aromatic carbocycles. The van der Waals surface area contributed by atoms with Crippen LogP contribution in [-0.4, -0.2) is 21.2 Å². The highest BCUT2D eigenvalue weighted by molar-refractivity contribution is 7.08. The van der Waals surface area contributed by atoms with E-state index in [-0.39, 0.29) is 23.5 Å². The largest absolute Gasteiger partial charge is 0.506 e. The second kappa shape index (κ2) is 7.29. The third-order valence-corrected chi connectivity index (χ3v) is 4.63. The number of phenols is 1. The summed E-state index contributed by atoms with van der Waals surface area (Å²) < 4.78 is 5.19. The second-order valence-corrected chi connectivity index (χ2v) is 7.83. The van der Waals surface area contributed by atoms with E-state index in [1.54, 1.807) is 23.5 Å². The zero-order valence-corrected chi connectivity index (χ0v) is 15.8. The summed E-state index contributed by atoms with van der Waals surface area (Å²) in [5, 5.41) is 20.5. The molecule has 1 amide bonds. The monoisotopic (exact) mass is 371 g/mol. The van der Waals surface area contributed by atoms with E-state index in [1.807, 2.05) is 22.9 Å². The molecule has 0 spiro atoms. The predicted molar refractivity (Wildman–Crippen MR) is 101 cm³/mol. The van der Waals surface area contributed by atoms with Gasteiger partial charge in [0.15, 0.2) is 0 Å². The number of phenolic OH excluding ortho intramolecular Hbond substituents is 1. The molecule has 0 unspecified atom stereocenters. The molecule has 0 radical (unpaired) electrons. The van der Waals surface area contributed by atoms with Gasteiger partial charge in [0.2, 0.25) is 17.6 Å². The Morgan fingerprint density at radius 1 is 1.31 bits per heavy atom. The first-order chi connectivity index (χ1) is 12.3. The van der Waals surface area contributed by atoms with E-state index < -0.39 is 0 Å². The number of aromatic hydroxyl groups is 1. The Kier molecular flexibility index (Phi) is 5.08. The molecule has 7 heteroatoms. The van der Waals surface area contributed by atoms with Crippen LogP contribution in [0.5, 0.6) is 5.75 Å². The number of nitrogens with zero attached hydrogens (tertiary/aromatic N) is 2. The van der Waals surface area contributed by atoms with Crippen molar-refractivity contribution in [1.82, 2.24) is 10.1 Å². The van der Waals surface area contributed by atoms with Gasteiger partial charge in [-0.15, -0.1) is 0 Å². The quantitative estimate of drug-likeness (QED) is 0.650. The highest BCUT2D eigenvalue weighted by Gasteiger charge is 2.17. The van der Waals surface area contributed by atoms with Crippen molar-refractivity contribution < 1.29 is 14.4 Å². The summed E-state index contributed by atoms with van der Waals surface area (Å²) in [5.41, 5.74) is 2.27. The SMILES string of the molecule is CC(C)(C)c1ccc(O)c(NC(=O)CCc2nc(-c3ccsc3)no2)c1. The molecule has 2 aromatic heterocycles. The zero-order chi connectivity index (χ0) is 18.7.